The van der Waals surface area contributed by atoms with Crippen LogP contribution in [0.5, 0.6) is 0 Å². The topological polar surface area (TPSA) is 83.6 Å². The van der Waals surface area contributed by atoms with Gasteiger partial charge in [0.15, 0.2) is 0 Å². The number of nitrogens with zero attached hydrogens (tertiary/aromatic N) is 1. The summed E-state index contributed by atoms with van der Waals surface area (Å²) in [5, 5.41) is 9.18. The Kier molecular flexibility index (Phi) is 2.42. The highest BCUT2D eigenvalue weighted by molar-refractivity contribution is 8.00. The van der Waals surface area contributed by atoms with Crippen molar-refractivity contribution in [1.82, 2.24) is 4.90 Å². The van der Waals surface area contributed by atoms with Gasteiger partial charge in [0.2, 0.25) is 5.91 Å². The number of amides is 1. The number of hydrogen-bond donors (Lipinski definition) is 2. The van der Waals surface area contributed by atoms with Crippen LogP contribution in [0.25, 0.3) is 0 Å². The second-order valence-corrected chi connectivity index (χ2v) is 5.24. The predicted octanol–water partition coefficient (Wildman–Crippen LogP) is -0.290. The third kappa shape index (κ3) is 1.35. The number of β-lactam (4-membered cyclic amide) rings is 1. The van der Waals surface area contributed by atoms with Gasteiger partial charge in [0.1, 0.15) is 11.4 Å². The van der Waals surface area contributed by atoms with E-state index in [1.807, 2.05) is 6.92 Å². The van der Waals surface area contributed by atoms with Crippen molar-refractivity contribution >= 4 is 23.6 Å². The van der Waals surface area contributed by atoms with E-state index >= 15 is 0 Å². The van der Waals surface area contributed by atoms with Crippen molar-refractivity contribution in [3.05, 3.63) is 0 Å². The normalized spacial score (nSPS) is 39.6. The number of aliphatic carboxylic acids is 1. The second-order valence-electron chi connectivity index (χ2n) is 4.13. The van der Waals surface area contributed by atoms with Crippen molar-refractivity contribution < 1.29 is 14.7 Å². The van der Waals surface area contributed by atoms with Crippen LogP contribution in [-0.4, -0.2) is 45.6 Å². The Labute approximate surface area is 92.0 Å². The molecule has 0 bridgehead atoms. The number of hydrogen-bond acceptors (Lipinski definition) is 4. The van der Waals surface area contributed by atoms with Crippen LogP contribution >= 0.6 is 11.8 Å². The first-order chi connectivity index (χ1) is 7.02. The summed E-state index contributed by atoms with van der Waals surface area (Å²) in [5.74, 6) is -0.392. The summed E-state index contributed by atoms with van der Waals surface area (Å²) in [6, 6.07) is -0.432. The molecular formula is C9H14N2O3S. The largest absolute Gasteiger partial charge is 0.481 e. The van der Waals surface area contributed by atoms with Crippen molar-refractivity contribution in [3.8, 4) is 0 Å². The third-order valence-corrected chi connectivity index (χ3v) is 4.92. The van der Waals surface area contributed by atoms with Gasteiger partial charge in [0, 0.05) is 12.3 Å². The van der Waals surface area contributed by atoms with E-state index < -0.39 is 17.4 Å². The lowest BCUT2D eigenvalue weighted by molar-refractivity contribution is -0.156. The summed E-state index contributed by atoms with van der Waals surface area (Å²) in [5.41, 5.74) is 4.84. The molecule has 2 aliphatic rings. The van der Waals surface area contributed by atoms with Crippen LogP contribution in [0.4, 0.5) is 0 Å². The van der Waals surface area contributed by atoms with E-state index in [4.69, 9.17) is 5.73 Å². The minimum absolute atomic E-state index is 0.00322. The number of carboxylic acid groups (broad SMARTS) is 1. The molecule has 84 valence electrons. The Morgan fingerprint density at radius 1 is 1.80 bits per heavy atom. The van der Waals surface area contributed by atoms with Crippen LogP contribution in [-0.2, 0) is 9.59 Å². The van der Waals surface area contributed by atoms with Gasteiger partial charge >= 0.3 is 5.97 Å². The average Bonchev–Trinajstić information content (AvgIpc) is 2.26. The molecule has 2 fully saturated rings. The Bertz CT molecular complexity index is 322. The number of fused-ring (bicyclic) bond motifs is 1. The number of nitrogens with two attached hydrogens (primary N) is 1. The summed E-state index contributed by atoms with van der Waals surface area (Å²) in [4.78, 5) is 24.2. The molecule has 0 aliphatic carbocycles. The van der Waals surface area contributed by atoms with Crippen LogP contribution in [0, 0.1) is 5.41 Å². The summed E-state index contributed by atoms with van der Waals surface area (Å²) in [6.07, 6.45) is 0.543. The van der Waals surface area contributed by atoms with Gasteiger partial charge in [-0.25, -0.2) is 0 Å². The molecule has 0 spiro atoms. The highest BCUT2D eigenvalue weighted by Crippen LogP contribution is 2.42. The summed E-state index contributed by atoms with van der Waals surface area (Å²) < 4.78 is 0. The fourth-order valence-electron chi connectivity index (χ4n) is 2.02. The lowest BCUT2D eigenvalue weighted by Gasteiger charge is -2.52. The van der Waals surface area contributed by atoms with Crippen LogP contribution in [0.3, 0.4) is 0 Å². The van der Waals surface area contributed by atoms with Gasteiger partial charge in [0.25, 0.3) is 0 Å². The molecule has 0 aromatic heterocycles. The van der Waals surface area contributed by atoms with E-state index in [2.05, 4.69) is 0 Å². The van der Waals surface area contributed by atoms with Crippen molar-refractivity contribution in [1.29, 1.82) is 0 Å². The molecule has 0 saturated carbocycles. The number of carbonyl (C=O) groups excluding carboxylic acids is 1. The molecule has 2 rings (SSSR count). The van der Waals surface area contributed by atoms with Gasteiger partial charge < -0.3 is 15.7 Å². The fourth-order valence-corrected chi connectivity index (χ4v) is 3.61. The first kappa shape index (κ1) is 10.8. The minimum Gasteiger partial charge on any atom is -0.481 e. The Hall–Kier alpha value is -0.750. The zero-order valence-corrected chi connectivity index (χ0v) is 9.29. The van der Waals surface area contributed by atoms with Gasteiger partial charge in [-0.2, -0.15) is 0 Å². The molecule has 0 radical (unpaired) electrons. The highest BCUT2D eigenvalue weighted by atomic mass is 32.2. The lowest BCUT2D eigenvalue weighted by atomic mass is 9.85. The molecule has 6 heteroatoms. The zero-order valence-electron chi connectivity index (χ0n) is 8.47. The van der Waals surface area contributed by atoms with E-state index in [-0.39, 0.29) is 11.3 Å². The maximum absolute atomic E-state index is 11.4. The summed E-state index contributed by atoms with van der Waals surface area (Å²) >= 11 is 1.48. The molecule has 3 atom stereocenters. The smallest absolute Gasteiger partial charge is 0.312 e. The maximum Gasteiger partial charge on any atom is 0.312 e. The number of carbonyl (C=O) groups is 2. The maximum atomic E-state index is 11.4. The number of rotatable bonds is 2. The molecule has 2 heterocycles. The molecule has 2 aliphatic heterocycles. The second kappa shape index (κ2) is 3.38. The monoisotopic (exact) mass is 230 g/mol. The number of thioether (sulfide) groups is 1. The van der Waals surface area contributed by atoms with Crippen molar-refractivity contribution in [2.75, 3.05) is 12.3 Å². The van der Waals surface area contributed by atoms with Gasteiger partial charge in [0.05, 0.1) is 5.41 Å². The van der Waals surface area contributed by atoms with Crippen LogP contribution in [0.2, 0.25) is 0 Å². The fraction of sp³-hybridized carbons (Fsp3) is 0.778. The molecular weight excluding hydrogens is 216 g/mol. The third-order valence-electron chi connectivity index (χ3n) is 3.32. The Morgan fingerprint density at radius 2 is 2.47 bits per heavy atom. The summed E-state index contributed by atoms with van der Waals surface area (Å²) in [7, 11) is 0. The first-order valence-electron chi connectivity index (χ1n) is 4.93. The molecule has 15 heavy (non-hydrogen) atoms. The molecule has 2 saturated heterocycles. The number of carboxylic acids is 1. The van der Waals surface area contributed by atoms with E-state index in [0.717, 1.165) is 0 Å². The molecule has 5 nitrogen and oxygen atoms in total. The van der Waals surface area contributed by atoms with Crippen molar-refractivity contribution in [2.45, 2.75) is 24.8 Å². The summed E-state index contributed by atoms with van der Waals surface area (Å²) in [6.45, 7) is 2.15. The standard InChI is InChI=1S/C9H14N2O3S/c1-2-9(8(13)14)3-11-6(12)5(10)7(11)15-4-9/h5,7H,2-4,10H2,1H3,(H,13,14)/t5?,7-,9?/m1/s1. The average molecular weight is 230 g/mol. The van der Waals surface area contributed by atoms with E-state index in [1.54, 1.807) is 4.90 Å². The van der Waals surface area contributed by atoms with Crippen LogP contribution < -0.4 is 5.73 Å². The Morgan fingerprint density at radius 3 is 3.00 bits per heavy atom. The van der Waals surface area contributed by atoms with Gasteiger partial charge in [-0.15, -0.1) is 11.8 Å². The molecule has 1 amide bonds. The highest BCUT2D eigenvalue weighted by Gasteiger charge is 2.54. The SMILES string of the molecule is CCC1(C(=O)O)CS[C@@H]2C(N)C(=O)N2C1. The van der Waals surface area contributed by atoms with E-state index in [9.17, 15) is 14.7 Å². The van der Waals surface area contributed by atoms with Gasteiger partial charge in [-0.1, -0.05) is 6.92 Å². The van der Waals surface area contributed by atoms with Gasteiger partial charge in [-0.3, -0.25) is 9.59 Å². The quantitative estimate of drug-likeness (QED) is 0.637. The minimum atomic E-state index is -0.816. The van der Waals surface area contributed by atoms with Crippen molar-refractivity contribution in [3.63, 3.8) is 0 Å². The molecule has 0 aromatic rings. The van der Waals surface area contributed by atoms with Crippen LogP contribution in [0.15, 0.2) is 0 Å². The van der Waals surface area contributed by atoms with Crippen molar-refractivity contribution in [2.24, 2.45) is 11.1 Å². The molecule has 2 unspecified atom stereocenters. The first-order valence-corrected chi connectivity index (χ1v) is 5.98. The zero-order chi connectivity index (χ0) is 11.2. The Balaban J connectivity index is 2.15. The van der Waals surface area contributed by atoms with E-state index in [1.165, 1.54) is 11.8 Å². The van der Waals surface area contributed by atoms with E-state index in [0.29, 0.717) is 18.7 Å². The molecule has 0 aromatic carbocycles. The molecule has 3 N–H and O–H groups in total. The van der Waals surface area contributed by atoms with Gasteiger partial charge in [-0.05, 0) is 6.42 Å². The lowest BCUT2D eigenvalue weighted by Crippen LogP contribution is -2.72. The predicted molar refractivity (Wildman–Crippen MR) is 56.3 cm³/mol. The van der Waals surface area contributed by atoms with Crippen LogP contribution in [0.1, 0.15) is 13.3 Å².